The Labute approximate surface area is 185 Å². The molecule has 0 radical (unpaired) electrons. The number of rotatable bonds is 5. The summed E-state index contributed by atoms with van der Waals surface area (Å²) in [6.45, 7) is 3.59. The van der Waals surface area contributed by atoms with E-state index in [2.05, 4.69) is 5.32 Å². The van der Waals surface area contributed by atoms with Crippen LogP contribution in [0.15, 0.2) is 71.6 Å². The molecule has 1 aliphatic rings. The summed E-state index contributed by atoms with van der Waals surface area (Å²) in [6.07, 6.45) is 0.449. The molecule has 1 N–H and O–H groups in total. The molecule has 4 rings (SSSR count). The smallest absolute Gasteiger partial charge is 0.264 e. The van der Waals surface area contributed by atoms with E-state index in [9.17, 15) is 22.0 Å². The first-order chi connectivity index (χ1) is 15.2. The number of sulfonamides is 1. The van der Waals surface area contributed by atoms with Crippen LogP contribution in [-0.2, 0) is 16.4 Å². The number of nitrogens with one attached hydrogen (secondary N) is 1. The Morgan fingerprint density at radius 3 is 2.22 bits per heavy atom. The van der Waals surface area contributed by atoms with Crippen LogP contribution in [0.4, 0.5) is 14.5 Å². The van der Waals surface area contributed by atoms with Gasteiger partial charge in [0.25, 0.3) is 15.9 Å². The van der Waals surface area contributed by atoms with Crippen molar-refractivity contribution in [1.29, 1.82) is 0 Å². The third kappa shape index (κ3) is 4.10. The number of carbonyl (C=O) groups excluding carboxylic acids is 1. The Kier molecular flexibility index (Phi) is 5.73. The molecule has 1 heterocycles. The molecule has 0 fully saturated rings. The molecule has 3 aromatic carbocycles. The Bertz CT molecular complexity index is 1260. The minimum atomic E-state index is -3.87. The van der Waals surface area contributed by atoms with Gasteiger partial charge in [-0.15, -0.1) is 0 Å². The quantitative estimate of drug-likeness (QED) is 0.611. The fourth-order valence-corrected chi connectivity index (χ4v) is 5.64. The summed E-state index contributed by atoms with van der Waals surface area (Å²) in [5, 5.41) is 2.88. The van der Waals surface area contributed by atoms with Crippen LogP contribution in [0.25, 0.3) is 0 Å². The van der Waals surface area contributed by atoms with E-state index in [1.54, 1.807) is 44.2 Å². The highest BCUT2D eigenvalue weighted by atomic mass is 32.2. The molecule has 3 aromatic rings. The van der Waals surface area contributed by atoms with E-state index in [1.165, 1.54) is 28.6 Å². The highest BCUT2D eigenvalue weighted by Crippen LogP contribution is 2.37. The van der Waals surface area contributed by atoms with Crippen LogP contribution in [0, 0.1) is 11.6 Å². The van der Waals surface area contributed by atoms with Crippen LogP contribution in [0.1, 0.15) is 41.4 Å². The number of hydrogen-bond acceptors (Lipinski definition) is 3. The largest absolute Gasteiger partial charge is 0.346 e. The number of nitrogens with zero attached hydrogens (tertiary/aromatic N) is 1. The second-order valence-electron chi connectivity index (χ2n) is 7.90. The summed E-state index contributed by atoms with van der Waals surface area (Å²) in [6, 6.07) is 14.8. The highest BCUT2D eigenvalue weighted by Gasteiger charge is 2.36. The third-order valence-electron chi connectivity index (χ3n) is 5.58. The van der Waals surface area contributed by atoms with Gasteiger partial charge in [0.15, 0.2) is 0 Å². The Balaban J connectivity index is 1.57. The molecule has 2 atom stereocenters. The average molecular weight is 457 g/mol. The lowest BCUT2D eigenvalue weighted by atomic mass is 10.0. The second-order valence-corrected chi connectivity index (χ2v) is 9.71. The molecule has 1 amide bonds. The molecule has 0 bridgehead atoms. The zero-order valence-electron chi connectivity index (χ0n) is 17.5. The summed E-state index contributed by atoms with van der Waals surface area (Å²) >= 11 is 0. The van der Waals surface area contributed by atoms with Crippen molar-refractivity contribution in [2.75, 3.05) is 4.31 Å². The molecule has 0 unspecified atom stereocenters. The predicted molar refractivity (Wildman–Crippen MR) is 118 cm³/mol. The van der Waals surface area contributed by atoms with Crippen LogP contribution >= 0.6 is 0 Å². The topological polar surface area (TPSA) is 66.5 Å². The van der Waals surface area contributed by atoms with Gasteiger partial charge in [-0.3, -0.25) is 9.10 Å². The van der Waals surface area contributed by atoms with Crippen LogP contribution in [0.2, 0.25) is 0 Å². The second kappa shape index (κ2) is 8.35. The van der Waals surface area contributed by atoms with Crippen LogP contribution < -0.4 is 9.62 Å². The van der Waals surface area contributed by atoms with Gasteiger partial charge in [0.05, 0.1) is 16.6 Å². The molecule has 0 spiro atoms. The number of amides is 1. The summed E-state index contributed by atoms with van der Waals surface area (Å²) in [7, 11) is -3.87. The molecule has 1 aliphatic heterocycles. The van der Waals surface area contributed by atoms with E-state index in [4.69, 9.17) is 0 Å². The van der Waals surface area contributed by atoms with E-state index in [1.807, 2.05) is 0 Å². The summed E-state index contributed by atoms with van der Waals surface area (Å²) in [5.74, 6) is -1.17. The summed E-state index contributed by atoms with van der Waals surface area (Å²) in [5.41, 5.74) is 2.42. The molecule has 8 heteroatoms. The maximum absolute atomic E-state index is 13.2. The lowest BCUT2D eigenvalue weighted by Crippen LogP contribution is -2.35. The van der Waals surface area contributed by atoms with Crippen LogP contribution in [-0.4, -0.2) is 20.4 Å². The number of carbonyl (C=O) groups is 1. The average Bonchev–Trinajstić information content (AvgIpc) is 3.10. The third-order valence-corrected chi connectivity index (χ3v) is 7.53. The monoisotopic (exact) mass is 456 g/mol. The van der Waals surface area contributed by atoms with Crippen molar-refractivity contribution < 1.29 is 22.0 Å². The molecular formula is C24H22F2N2O3S. The number of halogens is 2. The van der Waals surface area contributed by atoms with Gasteiger partial charge < -0.3 is 5.32 Å². The maximum atomic E-state index is 13.2. The number of fused-ring (bicyclic) bond motifs is 1. The van der Waals surface area contributed by atoms with Crippen LogP contribution in [0.3, 0.4) is 0 Å². The lowest BCUT2D eigenvalue weighted by molar-refractivity contribution is 0.0940. The lowest BCUT2D eigenvalue weighted by Gasteiger charge is -2.24. The number of hydrogen-bond donors (Lipinski definition) is 1. The van der Waals surface area contributed by atoms with Gasteiger partial charge in [0.2, 0.25) is 0 Å². The molecule has 166 valence electrons. The van der Waals surface area contributed by atoms with E-state index in [0.29, 0.717) is 17.7 Å². The van der Waals surface area contributed by atoms with Gasteiger partial charge in [-0.25, -0.2) is 17.2 Å². The Hall–Kier alpha value is -3.26. The minimum Gasteiger partial charge on any atom is -0.346 e. The first-order valence-electron chi connectivity index (χ1n) is 10.2. The predicted octanol–water partition coefficient (Wildman–Crippen LogP) is 4.60. The van der Waals surface area contributed by atoms with E-state index >= 15 is 0 Å². The van der Waals surface area contributed by atoms with Gasteiger partial charge in [-0.2, -0.15) is 0 Å². The normalized spacial score (nSPS) is 16.5. The van der Waals surface area contributed by atoms with Gasteiger partial charge in [-0.1, -0.05) is 12.1 Å². The number of benzene rings is 3. The first kappa shape index (κ1) is 22.0. The zero-order valence-corrected chi connectivity index (χ0v) is 18.4. The van der Waals surface area contributed by atoms with E-state index in [0.717, 1.165) is 23.3 Å². The first-order valence-corrected chi connectivity index (χ1v) is 11.6. The van der Waals surface area contributed by atoms with Gasteiger partial charge in [0, 0.05) is 11.6 Å². The molecule has 0 aromatic heterocycles. The maximum Gasteiger partial charge on any atom is 0.264 e. The van der Waals surface area contributed by atoms with Crippen molar-refractivity contribution in [3.63, 3.8) is 0 Å². The van der Waals surface area contributed by atoms with E-state index < -0.39 is 15.8 Å². The standard InChI is InChI=1S/C24H22F2N2O3S/c1-15-13-19-14-18(24(29)27-16(2)17-3-6-20(25)7-4-17)5-12-23(19)28(15)32(30,31)22-10-8-21(26)9-11-22/h3-12,14-16H,13H2,1-2H3,(H,27,29)/t15-,16+/m1/s1. The van der Waals surface area contributed by atoms with Crippen LogP contribution in [0.5, 0.6) is 0 Å². The highest BCUT2D eigenvalue weighted by molar-refractivity contribution is 7.92. The molecule has 0 saturated carbocycles. The van der Waals surface area contributed by atoms with Crippen molar-refractivity contribution >= 4 is 21.6 Å². The molecule has 5 nitrogen and oxygen atoms in total. The molecule has 0 saturated heterocycles. The van der Waals surface area contributed by atoms with Crippen molar-refractivity contribution in [3.8, 4) is 0 Å². The number of anilines is 1. The fraction of sp³-hybridized carbons (Fsp3) is 0.208. The summed E-state index contributed by atoms with van der Waals surface area (Å²) < 4.78 is 54.0. The Morgan fingerprint density at radius 1 is 1.00 bits per heavy atom. The van der Waals surface area contributed by atoms with Gasteiger partial charge in [-0.05, 0) is 86.0 Å². The van der Waals surface area contributed by atoms with Crippen molar-refractivity contribution in [2.45, 2.75) is 37.2 Å². The van der Waals surface area contributed by atoms with Crippen molar-refractivity contribution in [3.05, 3.63) is 95.1 Å². The van der Waals surface area contributed by atoms with Crippen molar-refractivity contribution in [1.82, 2.24) is 5.32 Å². The van der Waals surface area contributed by atoms with Crippen molar-refractivity contribution in [2.24, 2.45) is 0 Å². The molecule has 0 aliphatic carbocycles. The van der Waals surface area contributed by atoms with E-state index in [-0.39, 0.29) is 28.7 Å². The van der Waals surface area contributed by atoms with Gasteiger partial charge in [0.1, 0.15) is 11.6 Å². The molecule has 32 heavy (non-hydrogen) atoms. The van der Waals surface area contributed by atoms with Gasteiger partial charge >= 0.3 is 0 Å². The minimum absolute atomic E-state index is 0.00791. The SMILES string of the molecule is C[C@H](NC(=O)c1ccc2c(c1)C[C@@H](C)N2S(=O)(=O)c1ccc(F)cc1)c1ccc(F)cc1. The molecular weight excluding hydrogens is 434 g/mol. The fourth-order valence-electron chi connectivity index (χ4n) is 3.95. The Morgan fingerprint density at radius 2 is 1.59 bits per heavy atom. The zero-order chi connectivity index (χ0) is 23.0. The summed E-state index contributed by atoms with van der Waals surface area (Å²) in [4.78, 5) is 12.8.